The molecule has 4 nitrogen and oxygen atoms in total. The molecule has 0 bridgehead atoms. The summed E-state index contributed by atoms with van der Waals surface area (Å²) in [5.41, 5.74) is -0.755. The van der Waals surface area contributed by atoms with Crippen LogP contribution in [0, 0.1) is 0 Å². The topological polar surface area (TPSA) is 49.8 Å². The van der Waals surface area contributed by atoms with Crippen molar-refractivity contribution in [2.45, 2.75) is 45.3 Å². The number of esters is 1. The summed E-state index contributed by atoms with van der Waals surface area (Å²) >= 11 is 0. The highest BCUT2D eigenvalue weighted by atomic mass is 16.5. The molecular weight excluding hydrogens is 194 g/mol. The van der Waals surface area contributed by atoms with Crippen molar-refractivity contribution in [3.8, 4) is 0 Å². The Morgan fingerprint density at radius 2 is 2.13 bits per heavy atom. The van der Waals surface area contributed by atoms with E-state index in [4.69, 9.17) is 4.74 Å². The van der Waals surface area contributed by atoms with Gasteiger partial charge < -0.3 is 9.84 Å². The zero-order valence-electron chi connectivity index (χ0n) is 9.82. The maximum Gasteiger partial charge on any atom is 0.320 e. The van der Waals surface area contributed by atoms with E-state index in [1.165, 1.54) is 0 Å². The van der Waals surface area contributed by atoms with E-state index in [0.29, 0.717) is 25.7 Å². The summed E-state index contributed by atoms with van der Waals surface area (Å²) in [6.07, 6.45) is 2.24. The predicted molar refractivity (Wildman–Crippen MR) is 57.5 cm³/mol. The largest absolute Gasteiger partial charge is 0.465 e. The van der Waals surface area contributed by atoms with E-state index in [2.05, 4.69) is 0 Å². The van der Waals surface area contributed by atoms with Gasteiger partial charge >= 0.3 is 5.97 Å². The predicted octanol–water partition coefficient (Wildman–Crippen LogP) is 0.785. The number of aliphatic hydroxyl groups is 1. The van der Waals surface area contributed by atoms with Crippen LogP contribution in [0.2, 0.25) is 0 Å². The Labute approximate surface area is 91.2 Å². The van der Waals surface area contributed by atoms with Crippen molar-refractivity contribution >= 4 is 5.97 Å². The smallest absolute Gasteiger partial charge is 0.320 e. The molecule has 1 saturated carbocycles. The number of nitrogens with zero attached hydrogens (tertiary/aromatic N) is 1. The lowest BCUT2D eigenvalue weighted by atomic mass is 10.1. The molecule has 0 saturated heterocycles. The molecule has 0 aromatic carbocycles. The number of ether oxygens (including phenoxy) is 1. The molecule has 88 valence electrons. The second-order valence-electron chi connectivity index (χ2n) is 4.75. The summed E-state index contributed by atoms with van der Waals surface area (Å²) in [6, 6.07) is 0.459. The Morgan fingerprint density at radius 1 is 1.53 bits per heavy atom. The van der Waals surface area contributed by atoms with Gasteiger partial charge in [-0.15, -0.1) is 0 Å². The maximum absolute atomic E-state index is 11.3. The third-order valence-corrected chi connectivity index (χ3v) is 2.29. The molecule has 1 aliphatic carbocycles. The van der Waals surface area contributed by atoms with Crippen LogP contribution >= 0.6 is 0 Å². The van der Waals surface area contributed by atoms with Crippen molar-refractivity contribution in [1.82, 2.24) is 4.90 Å². The van der Waals surface area contributed by atoms with Crippen LogP contribution in [-0.4, -0.2) is 47.3 Å². The molecule has 4 heteroatoms. The third kappa shape index (κ3) is 5.14. The Bertz CT molecular complexity index is 218. The highest BCUT2D eigenvalue weighted by Crippen LogP contribution is 2.27. The van der Waals surface area contributed by atoms with Crippen molar-refractivity contribution in [2.24, 2.45) is 0 Å². The number of hydrogen-bond acceptors (Lipinski definition) is 4. The Morgan fingerprint density at radius 3 is 2.53 bits per heavy atom. The lowest BCUT2D eigenvalue weighted by molar-refractivity contribution is -0.145. The molecule has 0 aromatic heterocycles. The fraction of sp³-hybridized carbons (Fsp3) is 0.909. The van der Waals surface area contributed by atoms with E-state index >= 15 is 0 Å². The first-order valence-corrected chi connectivity index (χ1v) is 5.54. The Balaban J connectivity index is 2.40. The molecule has 0 amide bonds. The molecule has 0 radical (unpaired) electrons. The van der Waals surface area contributed by atoms with Gasteiger partial charge in [0.2, 0.25) is 0 Å². The van der Waals surface area contributed by atoms with E-state index in [1.54, 1.807) is 20.8 Å². The zero-order chi connectivity index (χ0) is 11.5. The van der Waals surface area contributed by atoms with Crippen LogP contribution in [0.4, 0.5) is 0 Å². The molecule has 1 aliphatic rings. The molecule has 0 unspecified atom stereocenters. The standard InChI is InChI=1S/C11H21NO3/c1-4-15-10(13)7-12(9-5-6-9)8-11(2,3)14/h9,14H,4-8H2,1-3H3. The van der Waals surface area contributed by atoms with Crippen LogP contribution in [0.1, 0.15) is 33.6 Å². The number of hydrogen-bond donors (Lipinski definition) is 1. The summed E-state index contributed by atoms with van der Waals surface area (Å²) in [6.45, 7) is 6.55. The van der Waals surface area contributed by atoms with Gasteiger partial charge in [0.15, 0.2) is 0 Å². The van der Waals surface area contributed by atoms with Gasteiger partial charge in [-0.2, -0.15) is 0 Å². The minimum atomic E-state index is -0.755. The molecular formula is C11H21NO3. The summed E-state index contributed by atoms with van der Waals surface area (Å²) in [4.78, 5) is 13.3. The van der Waals surface area contributed by atoms with Gasteiger partial charge in [-0.05, 0) is 33.6 Å². The van der Waals surface area contributed by atoms with Gasteiger partial charge in [0.25, 0.3) is 0 Å². The van der Waals surface area contributed by atoms with Gasteiger partial charge in [0.1, 0.15) is 0 Å². The van der Waals surface area contributed by atoms with Crippen molar-refractivity contribution in [3.63, 3.8) is 0 Å². The second-order valence-corrected chi connectivity index (χ2v) is 4.75. The molecule has 0 atom stereocenters. The monoisotopic (exact) mass is 215 g/mol. The van der Waals surface area contributed by atoms with Crippen molar-refractivity contribution in [3.05, 3.63) is 0 Å². The summed E-state index contributed by atoms with van der Waals surface area (Å²) < 4.78 is 4.90. The highest BCUT2D eigenvalue weighted by molar-refractivity contribution is 5.71. The molecule has 1 fully saturated rings. The normalized spacial score (nSPS) is 16.9. The Kier molecular flexibility index (Phi) is 4.11. The average Bonchev–Trinajstić information content (AvgIpc) is 2.82. The van der Waals surface area contributed by atoms with Gasteiger partial charge in [0.05, 0.1) is 18.8 Å². The molecule has 0 spiro atoms. The summed E-state index contributed by atoms with van der Waals surface area (Å²) in [5, 5.41) is 9.71. The minimum absolute atomic E-state index is 0.200. The SMILES string of the molecule is CCOC(=O)CN(CC(C)(C)O)C1CC1. The van der Waals surface area contributed by atoms with E-state index in [-0.39, 0.29) is 5.97 Å². The fourth-order valence-corrected chi connectivity index (χ4v) is 1.62. The maximum atomic E-state index is 11.3. The first kappa shape index (κ1) is 12.5. The molecule has 0 heterocycles. The van der Waals surface area contributed by atoms with E-state index in [1.807, 2.05) is 4.90 Å². The summed E-state index contributed by atoms with van der Waals surface area (Å²) in [5.74, 6) is -0.200. The van der Waals surface area contributed by atoms with E-state index in [0.717, 1.165) is 12.8 Å². The quantitative estimate of drug-likeness (QED) is 0.665. The van der Waals surface area contributed by atoms with Crippen molar-refractivity contribution in [1.29, 1.82) is 0 Å². The van der Waals surface area contributed by atoms with Gasteiger partial charge in [-0.25, -0.2) is 0 Å². The second kappa shape index (κ2) is 4.94. The average molecular weight is 215 g/mol. The summed E-state index contributed by atoms with van der Waals surface area (Å²) in [7, 11) is 0. The van der Waals surface area contributed by atoms with Gasteiger partial charge in [-0.1, -0.05) is 0 Å². The lowest BCUT2D eigenvalue weighted by Gasteiger charge is -2.28. The fourth-order valence-electron chi connectivity index (χ4n) is 1.62. The van der Waals surface area contributed by atoms with E-state index < -0.39 is 5.60 Å². The molecule has 0 aliphatic heterocycles. The van der Waals surface area contributed by atoms with E-state index in [9.17, 15) is 9.90 Å². The van der Waals surface area contributed by atoms with Gasteiger partial charge in [0, 0.05) is 12.6 Å². The van der Waals surface area contributed by atoms with Gasteiger partial charge in [-0.3, -0.25) is 9.69 Å². The van der Waals surface area contributed by atoms with Crippen LogP contribution in [0.15, 0.2) is 0 Å². The van der Waals surface area contributed by atoms with Crippen LogP contribution in [-0.2, 0) is 9.53 Å². The number of carbonyl (C=O) groups excluding carboxylic acids is 1. The van der Waals surface area contributed by atoms with Crippen LogP contribution < -0.4 is 0 Å². The molecule has 1 rings (SSSR count). The van der Waals surface area contributed by atoms with Crippen LogP contribution in [0.25, 0.3) is 0 Å². The minimum Gasteiger partial charge on any atom is -0.465 e. The first-order chi connectivity index (χ1) is 6.92. The zero-order valence-corrected chi connectivity index (χ0v) is 9.82. The third-order valence-electron chi connectivity index (χ3n) is 2.29. The number of carbonyl (C=O) groups is 1. The number of rotatable bonds is 6. The van der Waals surface area contributed by atoms with Crippen molar-refractivity contribution < 1.29 is 14.6 Å². The van der Waals surface area contributed by atoms with Crippen LogP contribution in [0.5, 0.6) is 0 Å². The first-order valence-electron chi connectivity index (χ1n) is 5.54. The molecule has 15 heavy (non-hydrogen) atoms. The molecule has 0 aromatic rings. The Hall–Kier alpha value is -0.610. The molecule has 1 N–H and O–H groups in total. The van der Waals surface area contributed by atoms with Crippen LogP contribution in [0.3, 0.4) is 0 Å². The van der Waals surface area contributed by atoms with Crippen molar-refractivity contribution in [2.75, 3.05) is 19.7 Å². The lowest BCUT2D eigenvalue weighted by Crippen LogP contribution is -2.42. The highest BCUT2D eigenvalue weighted by Gasteiger charge is 2.33.